The van der Waals surface area contributed by atoms with Gasteiger partial charge in [0.25, 0.3) is 0 Å². The lowest BCUT2D eigenvalue weighted by Gasteiger charge is -2.07. The van der Waals surface area contributed by atoms with Crippen molar-refractivity contribution in [1.82, 2.24) is 4.98 Å². The van der Waals surface area contributed by atoms with Crippen molar-refractivity contribution in [2.45, 2.75) is 38.8 Å². The van der Waals surface area contributed by atoms with Crippen LogP contribution in [0.3, 0.4) is 0 Å². The van der Waals surface area contributed by atoms with Crippen molar-refractivity contribution < 1.29 is 17.9 Å². The normalized spacial score (nSPS) is 11.7. The third kappa shape index (κ3) is 7.28. The first-order chi connectivity index (χ1) is 14.9. The van der Waals surface area contributed by atoms with Crippen LogP contribution in [0, 0.1) is 0 Å². The lowest BCUT2D eigenvalue weighted by Crippen LogP contribution is -2.02. The number of rotatable bonds is 9. The fourth-order valence-corrected chi connectivity index (χ4v) is 3.23. The van der Waals surface area contributed by atoms with Gasteiger partial charge in [0.05, 0.1) is 5.69 Å². The number of alkyl halides is 3. The van der Waals surface area contributed by atoms with Gasteiger partial charge in [0, 0.05) is 17.8 Å². The number of nitrogens with zero attached hydrogens (tertiary/aromatic N) is 1. The third-order valence-electron chi connectivity index (χ3n) is 4.92. The van der Waals surface area contributed by atoms with Gasteiger partial charge < -0.3 is 4.74 Å². The van der Waals surface area contributed by atoms with E-state index in [1.54, 1.807) is 12.1 Å². The molecule has 31 heavy (non-hydrogen) atoms. The van der Waals surface area contributed by atoms with Crippen LogP contribution in [0.25, 0.3) is 22.4 Å². The van der Waals surface area contributed by atoms with Gasteiger partial charge >= 0.3 is 6.18 Å². The standard InChI is InChI=1S/C26H26F3NO/c1-2-3-4-6-20-7-16-25(30-19-20)23-10-8-21(9-11-23)22-12-14-24(15-13-22)31-18-5-17-26(27,28)29/h5,7-17,19H,2-4,6,18H2,1H3. The van der Waals surface area contributed by atoms with E-state index in [0.717, 1.165) is 34.9 Å². The molecule has 2 nitrogen and oxygen atoms in total. The molecule has 0 radical (unpaired) electrons. The quantitative estimate of drug-likeness (QED) is 0.259. The molecule has 0 fully saturated rings. The molecule has 0 saturated carbocycles. The number of aryl methyl sites for hydroxylation is 1. The number of allylic oxidation sites excluding steroid dienone is 1. The number of aromatic nitrogens is 1. The highest BCUT2D eigenvalue weighted by atomic mass is 19.4. The van der Waals surface area contributed by atoms with E-state index in [2.05, 4.69) is 24.0 Å². The van der Waals surface area contributed by atoms with Crippen molar-refractivity contribution in [3.05, 3.63) is 84.6 Å². The predicted molar refractivity (Wildman–Crippen MR) is 119 cm³/mol. The highest BCUT2D eigenvalue weighted by Gasteiger charge is 2.21. The molecule has 1 heterocycles. The van der Waals surface area contributed by atoms with Crippen LogP contribution < -0.4 is 4.74 Å². The number of benzene rings is 2. The number of hydrogen-bond acceptors (Lipinski definition) is 2. The molecule has 5 heteroatoms. The molecule has 0 spiro atoms. The molecule has 0 unspecified atom stereocenters. The summed E-state index contributed by atoms with van der Waals surface area (Å²) in [6, 6.07) is 19.7. The SMILES string of the molecule is CCCCCc1ccc(-c2ccc(-c3ccc(OCC=CC(F)(F)F)cc3)cc2)nc1. The van der Waals surface area contributed by atoms with Crippen LogP contribution in [-0.2, 0) is 6.42 Å². The lowest BCUT2D eigenvalue weighted by molar-refractivity contribution is -0.0801. The van der Waals surface area contributed by atoms with Gasteiger partial charge in [-0.15, -0.1) is 0 Å². The fourth-order valence-electron chi connectivity index (χ4n) is 3.23. The first-order valence-electron chi connectivity index (χ1n) is 10.5. The highest BCUT2D eigenvalue weighted by Crippen LogP contribution is 2.26. The van der Waals surface area contributed by atoms with Crippen LogP contribution in [0.4, 0.5) is 13.2 Å². The molecule has 162 valence electrons. The van der Waals surface area contributed by atoms with Gasteiger partial charge in [-0.2, -0.15) is 13.2 Å². The zero-order valence-corrected chi connectivity index (χ0v) is 17.5. The van der Waals surface area contributed by atoms with Crippen LogP contribution in [-0.4, -0.2) is 17.8 Å². The van der Waals surface area contributed by atoms with Crippen LogP contribution in [0.1, 0.15) is 31.7 Å². The maximum atomic E-state index is 12.1. The molecule has 0 saturated heterocycles. The number of unbranched alkanes of at least 4 members (excludes halogenated alkanes) is 2. The maximum absolute atomic E-state index is 12.1. The molecule has 2 aromatic carbocycles. The average molecular weight is 425 g/mol. The molecule has 0 bridgehead atoms. The van der Waals surface area contributed by atoms with Crippen LogP contribution in [0.5, 0.6) is 5.75 Å². The Morgan fingerprint density at radius 1 is 0.839 bits per heavy atom. The summed E-state index contributed by atoms with van der Waals surface area (Å²) >= 11 is 0. The van der Waals surface area contributed by atoms with Crippen molar-refractivity contribution in [2.75, 3.05) is 6.61 Å². The fraction of sp³-hybridized carbons (Fsp3) is 0.269. The summed E-state index contributed by atoms with van der Waals surface area (Å²) in [5, 5.41) is 0. The van der Waals surface area contributed by atoms with E-state index >= 15 is 0 Å². The van der Waals surface area contributed by atoms with E-state index in [1.807, 2.05) is 42.6 Å². The average Bonchev–Trinajstić information content (AvgIpc) is 2.77. The van der Waals surface area contributed by atoms with E-state index in [-0.39, 0.29) is 12.7 Å². The monoisotopic (exact) mass is 425 g/mol. The topological polar surface area (TPSA) is 22.1 Å². The maximum Gasteiger partial charge on any atom is 0.409 e. The van der Waals surface area contributed by atoms with E-state index in [9.17, 15) is 13.2 Å². The van der Waals surface area contributed by atoms with Gasteiger partial charge in [-0.3, -0.25) is 4.98 Å². The number of ether oxygens (including phenoxy) is 1. The van der Waals surface area contributed by atoms with E-state index < -0.39 is 6.18 Å². The molecule has 3 rings (SSSR count). The van der Waals surface area contributed by atoms with Crippen molar-refractivity contribution in [2.24, 2.45) is 0 Å². The zero-order chi connectivity index (χ0) is 22.1. The Hall–Kier alpha value is -3.08. The molecular formula is C26H26F3NO. The van der Waals surface area contributed by atoms with Crippen LogP contribution in [0.2, 0.25) is 0 Å². The Morgan fingerprint density at radius 2 is 1.48 bits per heavy atom. The van der Waals surface area contributed by atoms with Gasteiger partial charge in [-0.25, -0.2) is 0 Å². The van der Waals surface area contributed by atoms with E-state index in [1.165, 1.54) is 24.8 Å². The van der Waals surface area contributed by atoms with Crippen LogP contribution in [0.15, 0.2) is 79.0 Å². The molecular weight excluding hydrogens is 399 g/mol. The molecule has 0 atom stereocenters. The summed E-state index contributed by atoms with van der Waals surface area (Å²) in [5.41, 5.74) is 5.32. The molecule has 1 aromatic heterocycles. The van der Waals surface area contributed by atoms with Gasteiger partial charge in [0.1, 0.15) is 12.4 Å². The second-order valence-electron chi connectivity index (χ2n) is 7.37. The second-order valence-corrected chi connectivity index (χ2v) is 7.37. The minimum Gasteiger partial charge on any atom is -0.490 e. The summed E-state index contributed by atoms with van der Waals surface area (Å²) in [4.78, 5) is 4.60. The van der Waals surface area contributed by atoms with Crippen LogP contribution >= 0.6 is 0 Å². The van der Waals surface area contributed by atoms with Crippen molar-refractivity contribution in [1.29, 1.82) is 0 Å². The smallest absolute Gasteiger partial charge is 0.409 e. The van der Waals surface area contributed by atoms with Gasteiger partial charge in [-0.05, 0) is 53.8 Å². The van der Waals surface area contributed by atoms with E-state index in [0.29, 0.717) is 5.75 Å². The Labute approximate surface area is 181 Å². The summed E-state index contributed by atoms with van der Waals surface area (Å²) in [6.45, 7) is 2.07. The molecule has 0 aliphatic heterocycles. The minimum atomic E-state index is -4.31. The van der Waals surface area contributed by atoms with Crippen molar-refractivity contribution in [3.63, 3.8) is 0 Å². The van der Waals surface area contributed by atoms with Gasteiger partial charge in [0.15, 0.2) is 0 Å². The third-order valence-corrected chi connectivity index (χ3v) is 4.92. The molecule has 3 aromatic rings. The van der Waals surface area contributed by atoms with Crippen molar-refractivity contribution in [3.8, 4) is 28.1 Å². The second kappa shape index (κ2) is 10.8. The Balaban J connectivity index is 1.59. The first kappa shape index (κ1) is 22.6. The first-order valence-corrected chi connectivity index (χ1v) is 10.5. The van der Waals surface area contributed by atoms with Crippen molar-refractivity contribution >= 4 is 0 Å². The minimum absolute atomic E-state index is 0.127. The summed E-state index contributed by atoms with van der Waals surface area (Å²) in [7, 11) is 0. The Morgan fingerprint density at radius 3 is 2.06 bits per heavy atom. The van der Waals surface area contributed by atoms with E-state index in [4.69, 9.17) is 4.74 Å². The zero-order valence-electron chi connectivity index (χ0n) is 17.5. The predicted octanol–water partition coefficient (Wildman–Crippen LogP) is 7.65. The largest absolute Gasteiger partial charge is 0.490 e. The summed E-state index contributed by atoms with van der Waals surface area (Å²) in [6.07, 6.45) is 3.50. The molecule has 0 aliphatic rings. The highest BCUT2D eigenvalue weighted by molar-refractivity contribution is 5.69. The lowest BCUT2D eigenvalue weighted by atomic mass is 10.0. The number of halogens is 3. The Kier molecular flexibility index (Phi) is 7.88. The van der Waals surface area contributed by atoms with Gasteiger partial charge in [0.2, 0.25) is 0 Å². The Bertz CT molecular complexity index is 960. The summed E-state index contributed by atoms with van der Waals surface area (Å²) < 4.78 is 41.6. The molecule has 0 amide bonds. The number of hydrogen-bond donors (Lipinski definition) is 0. The molecule has 0 N–H and O–H groups in total. The number of pyridine rings is 1. The molecule has 0 aliphatic carbocycles. The van der Waals surface area contributed by atoms with Gasteiger partial charge in [-0.1, -0.05) is 62.2 Å². The summed E-state index contributed by atoms with van der Waals surface area (Å²) in [5.74, 6) is 0.524.